The van der Waals surface area contributed by atoms with E-state index in [1.165, 1.54) is 9.13 Å². The lowest BCUT2D eigenvalue weighted by Gasteiger charge is -2.08. The van der Waals surface area contributed by atoms with Gasteiger partial charge in [-0.05, 0) is 33.8 Å². The number of aryl methyl sites for hydroxylation is 4. The summed E-state index contributed by atoms with van der Waals surface area (Å²) in [7, 11) is 1.63. The van der Waals surface area contributed by atoms with Gasteiger partial charge in [-0.15, -0.1) is 0 Å². The van der Waals surface area contributed by atoms with Crippen molar-refractivity contribution in [3.05, 3.63) is 50.4 Å². The molecule has 0 spiro atoms. The molecule has 3 aromatic heterocycles. The lowest BCUT2D eigenvalue weighted by Crippen LogP contribution is -2.39. The molecule has 0 unspecified atom stereocenters. The summed E-state index contributed by atoms with van der Waals surface area (Å²) in [6.45, 7) is 8.41. The van der Waals surface area contributed by atoms with Gasteiger partial charge in [0.15, 0.2) is 11.2 Å². The Morgan fingerprint density at radius 1 is 1.20 bits per heavy atom. The molecule has 3 rings (SSSR count). The van der Waals surface area contributed by atoms with Crippen LogP contribution in [-0.2, 0) is 20.1 Å². The van der Waals surface area contributed by atoms with E-state index < -0.39 is 0 Å². The Hall–Kier alpha value is -2.90. The number of allylic oxidation sites excluding steroid dienone is 2. The van der Waals surface area contributed by atoms with Crippen molar-refractivity contribution in [2.24, 2.45) is 7.05 Å². The summed E-state index contributed by atoms with van der Waals surface area (Å²) in [6.07, 6.45) is 3.59. The van der Waals surface area contributed by atoms with E-state index in [0.717, 1.165) is 11.4 Å². The lowest BCUT2D eigenvalue weighted by molar-refractivity contribution is 0.657. The van der Waals surface area contributed by atoms with E-state index in [-0.39, 0.29) is 17.8 Å². The molecule has 25 heavy (non-hydrogen) atoms. The van der Waals surface area contributed by atoms with E-state index in [0.29, 0.717) is 23.7 Å². The summed E-state index contributed by atoms with van der Waals surface area (Å²) < 4.78 is 6.16. The van der Waals surface area contributed by atoms with Gasteiger partial charge in [0.05, 0.1) is 5.69 Å². The van der Waals surface area contributed by atoms with Crippen molar-refractivity contribution in [2.75, 3.05) is 0 Å². The van der Waals surface area contributed by atoms with Crippen LogP contribution in [0.1, 0.15) is 25.2 Å². The highest BCUT2D eigenvalue weighted by Gasteiger charge is 2.21. The Kier molecular flexibility index (Phi) is 4.20. The minimum absolute atomic E-state index is 0.238. The molecule has 0 fully saturated rings. The van der Waals surface area contributed by atoms with Crippen LogP contribution in [0.2, 0.25) is 0 Å². The summed E-state index contributed by atoms with van der Waals surface area (Å²) in [4.78, 5) is 30.1. The number of hydrogen-bond acceptors (Lipinski definition) is 4. The van der Waals surface area contributed by atoms with Crippen molar-refractivity contribution >= 4 is 11.2 Å². The zero-order valence-corrected chi connectivity index (χ0v) is 15.1. The SMILES string of the molecule is C/C=C\Cn1c(=O)c2c(nc(-n3nc(C)cc3C)n2CC)n(C)c1=O. The van der Waals surface area contributed by atoms with Gasteiger partial charge in [0.25, 0.3) is 5.56 Å². The number of imidazole rings is 1. The topological polar surface area (TPSA) is 79.6 Å². The van der Waals surface area contributed by atoms with Crippen LogP contribution in [0.5, 0.6) is 0 Å². The molecule has 0 aliphatic heterocycles. The van der Waals surface area contributed by atoms with E-state index >= 15 is 0 Å². The van der Waals surface area contributed by atoms with Crippen LogP contribution < -0.4 is 11.2 Å². The molecule has 0 N–H and O–H groups in total. The Labute approximate surface area is 144 Å². The maximum atomic E-state index is 12.9. The zero-order chi connectivity index (χ0) is 18.3. The lowest BCUT2D eigenvalue weighted by atomic mass is 10.4. The molecule has 0 amide bonds. The van der Waals surface area contributed by atoms with Crippen molar-refractivity contribution in [3.8, 4) is 5.95 Å². The average Bonchev–Trinajstić information content (AvgIpc) is 3.12. The average molecular weight is 342 g/mol. The number of fused-ring (bicyclic) bond motifs is 1. The van der Waals surface area contributed by atoms with Crippen LogP contribution in [0.15, 0.2) is 27.8 Å². The van der Waals surface area contributed by atoms with Gasteiger partial charge in [-0.3, -0.25) is 13.9 Å². The van der Waals surface area contributed by atoms with Crippen molar-refractivity contribution in [3.63, 3.8) is 0 Å². The highest BCUT2D eigenvalue weighted by Crippen LogP contribution is 2.17. The fraction of sp³-hybridized carbons (Fsp3) is 0.412. The molecule has 0 radical (unpaired) electrons. The van der Waals surface area contributed by atoms with Gasteiger partial charge in [0.1, 0.15) is 0 Å². The van der Waals surface area contributed by atoms with Crippen molar-refractivity contribution in [2.45, 2.75) is 40.8 Å². The molecule has 0 aliphatic carbocycles. The zero-order valence-electron chi connectivity index (χ0n) is 15.1. The molecule has 8 heteroatoms. The molecule has 0 aliphatic rings. The Bertz CT molecular complexity index is 1090. The molecule has 8 nitrogen and oxygen atoms in total. The largest absolute Gasteiger partial charge is 0.332 e. The maximum absolute atomic E-state index is 12.9. The molecule has 3 aromatic rings. The summed E-state index contributed by atoms with van der Waals surface area (Å²) in [5.41, 5.74) is 1.86. The smallest absolute Gasteiger partial charge is 0.303 e. The predicted molar refractivity (Wildman–Crippen MR) is 96.3 cm³/mol. The molecule has 0 aromatic carbocycles. The Balaban J connectivity index is 2.43. The number of aromatic nitrogens is 6. The fourth-order valence-corrected chi connectivity index (χ4v) is 3.02. The summed E-state index contributed by atoms with van der Waals surface area (Å²) in [5, 5.41) is 4.46. The molecular weight excluding hydrogens is 320 g/mol. The molecule has 0 saturated heterocycles. The Morgan fingerprint density at radius 2 is 1.92 bits per heavy atom. The van der Waals surface area contributed by atoms with Gasteiger partial charge in [-0.1, -0.05) is 12.2 Å². The summed E-state index contributed by atoms with van der Waals surface area (Å²) in [5.74, 6) is 0.541. The van der Waals surface area contributed by atoms with Crippen LogP contribution in [0.4, 0.5) is 0 Å². The molecule has 132 valence electrons. The highest BCUT2D eigenvalue weighted by molar-refractivity contribution is 5.72. The van der Waals surface area contributed by atoms with Crippen LogP contribution in [-0.4, -0.2) is 28.5 Å². The Morgan fingerprint density at radius 3 is 2.48 bits per heavy atom. The van der Waals surface area contributed by atoms with Crippen LogP contribution in [0, 0.1) is 13.8 Å². The number of nitrogens with zero attached hydrogens (tertiary/aromatic N) is 6. The first-order valence-electron chi connectivity index (χ1n) is 8.25. The molecule has 0 atom stereocenters. The summed E-state index contributed by atoms with van der Waals surface area (Å²) in [6, 6.07) is 1.95. The minimum atomic E-state index is -0.378. The van der Waals surface area contributed by atoms with E-state index in [1.807, 2.05) is 44.4 Å². The number of hydrogen-bond donors (Lipinski definition) is 0. The van der Waals surface area contributed by atoms with E-state index in [1.54, 1.807) is 17.8 Å². The second-order valence-electron chi connectivity index (χ2n) is 5.99. The van der Waals surface area contributed by atoms with Crippen LogP contribution in [0.25, 0.3) is 17.1 Å². The molecule has 0 saturated carbocycles. The highest BCUT2D eigenvalue weighted by atomic mass is 16.2. The van der Waals surface area contributed by atoms with Crippen molar-refractivity contribution in [1.82, 2.24) is 28.5 Å². The third-order valence-electron chi connectivity index (χ3n) is 4.25. The summed E-state index contributed by atoms with van der Waals surface area (Å²) >= 11 is 0. The van der Waals surface area contributed by atoms with Gasteiger partial charge in [0, 0.05) is 25.8 Å². The van der Waals surface area contributed by atoms with E-state index in [2.05, 4.69) is 10.1 Å². The van der Waals surface area contributed by atoms with Crippen molar-refractivity contribution < 1.29 is 0 Å². The minimum Gasteiger partial charge on any atom is -0.303 e. The van der Waals surface area contributed by atoms with Gasteiger partial charge in [-0.25, -0.2) is 9.48 Å². The first-order valence-corrected chi connectivity index (χ1v) is 8.25. The van der Waals surface area contributed by atoms with Crippen LogP contribution in [0.3, 0.4) is 0 Å². The van der Waals surface area contributed by atoms with E-state index in [9.17, 15) is 9.59 Å². The van der Waals surface area contributed by atoms with Crippen LogP contribution >= 0.6 is 0 Å². The monoisotopic (exact) mass is 342 g/mol. The fourth-order valence-electron chi connectivity index (χ4n) is 3.02. The standard InChI is InChI=1S/C17H22N6O2/c1-6-8-9-22-15(24)13-14(20(5)17(22)25)18-16(21(13)7-2)23-12(4)10-11(3)19-23/h6,8,10H,7,9H2,1-5H3/b8-6-. The molecule has 0 bridgehead atoms. The van der Waals surface area contributed by atoms with Gasteiger partial charge in [0.2, 0.25) is 5.95 Å². The van der Waals surface area contributed by atoms with E-state index in [4.69, 9.17) is 0 Å². The van der Waals surface area contributed by atoms with Crippen molar-refractivity contribution in [1.29, 1.82) is 0 Å². The first kappa shape index (κ1) is 16.9. The van der Waals surface area contributed by atoms with Gasteiger partial charge >= 0.3 is 5.69 Å². The third-order valence-corrected chi connectivity index (χ3v) is 4.25. The van der Waals surface area contributed by atoms with Gasteiger partial charge < -0.3 is 4.57 Å². The first-order chi connectivity index (χ1) is 11.9. The van der Waals surface area contributed by atoms with Gasteiger partial charge in [-0.2, -0.15) is 10.1 Å². The number of rotatable bonds is 4. The second-order valence-corrected chi connectivity index (χ2v) is 5.99. The third kappa shape index (κ3) is 2.54. The molecule has 3 heterocycles. The predicted octanol–water partition coefficient (Wildman–Crippen LogP) is 1.30. The maximum Gasteiger partial charge on any atom is 0.332 e. The molecular formula is C17H22N6O2. The normalized spacial score (nSPS) is 11.9. The quantitative estimate of drug-likeness (QED) is 0.669. The second kappa shape index (κ2) is 6.19.